The second-order valence-corrected chi connectivity index (χ2v) is 11.5. The summed E-state index contributed by atoms with van der Waals surface area (Å²) >= 11 is 0. The Bertz CT molecular complexity index is 1000. The predicted molar refractivity (Wildman–Crippen MR) is 150 cm³/mol. The molecule has 1 saturated carbocycles. The van der Waals surface area contributed by atoms with E-state index in [-0.39, 0.29) is 11.7 Å². The number of aromatic nitrogens is 1. The molecular formula is C31H44FN5O. The lowest BCUT2D eigenvalue weighted by Gasteiger charge is -2.47. The molecule has 2 atom stereocenters. The molecule has 2 saturated heterocycles. The van der Waals surface area contributed by atoms with Gasteiger partial charge in [0.05, 0.1) is 5.69 Å². The first-order valence-electron chi connectivity index (χ1n) is 14.8. The van der Waals surface area contributed by atoms with Crippen LogP contribution in [0.25, 0.3) is 0 Å². The van der Waals surface area contributed by atoms with Crippen molar-refractivity contribution in [3.05, 3.63) is 60.2 Å². The number of carbonyl (C=O) groups is 1. The molecule has 1 amide bonds. The van der Waals surface area contributed by atoms with Crippen LogP contribution in [-0.4, -0.2) is 72.0 Å². The molecule has 0 bridgehead atoms. The molecule has 206 valence electrons. The van der Waals surface area contributed by atoms with E-state index >= 15 is 0 Å². The molecule has 0 unspecified atom stereocenters. The number of carbonyl (C=O) groups excluding carboxylic acids is 1. The Morgan fingerprint density at radius 3 is 2.39 bits per heavy atom. The summed E-state index contributed by atoms with van der Waals surface area (Å²) in [5.41, 5.74) is 2.01. The zero-order valence-electron chi connectivity index (χ0n) is 22.7. The number of pyridine rings is 1. The molecule has 7 heteroatoms. The molecule has 3 aliphatic rings. The van der Waals surface area contributed by atoms with Gasteiger partial charge in [0.25, 0.3) is 0 Å². The number of halogens is 1. The molecule has 38 heavy (non-hydrogen) atoms. The first-order valence-corrected chi connectivity index (χ1v) is 14.8. The fraction of sp³-hybridized carbons (Fsp3) is 0.613. The number of hydrogen-bond acceptors (Lipinski definition) is 5. The van der Waals surface area contributed by atoms with Crippen LogP contribution < -0.4 is 10.2 Å². The van der Waals surface area contributed by atoms with Crippen LogP contribution in [0.2, 0.25) is 0 Å². The van der Waals surface area contributed by atoms with Gasteiger partial charge in [0.15, 0.2) is 0 Å². The van der Waals surface area contributed by atoms with Crippen molar-refractivity contribution in [2.24, 2.45) is 5.92 Å². The number of piperazine rings is 1. The number of para-hydroxylation sites is 1. The van der Waals surface area contributed by atoms with Crippen molar-refractivity contribution in [3.8, 4) is 0 Å². The van der Waals surface area contributed by atoms with E-state index in [0.717, 1.165) is 71.5 Å². The zero-order chi connectivity index (χ0) is 26.2. The largest absolute Gasteiger partial charge is 0.367 e. The highest BCUT2D eigenvalue weighted by Gasteiger charge is 2.35. The van der Waals surface area contributed by atoms with Gasteiger partial charge in [-0.2, -0.15) is 0 Å². The molecule has 2 aromatic rings. The summed E-state index contributed by atoms with van der Waals surface area (Å²) in [5.74, 6) is 0.541. The maximum absolute atomic E-state index is 14.4. The molecule has 5 rings (SSSR count). The van der Waals surface area contributed by atoms with Crippen molar-refractivity contribution in [2.45, 2.75) is 76.4 Å². The van der Waals surface area contributed by atoms with Crippen LogP contribution in [0.1, 0.15) is 63.4 Å². The van der Waals surface area contributed by atoms with E-state index in [9.17, 15) is 9.18 Å². The zero-order valence-corrected chi connectivity index (χ0v) is 22.7. The summed E-state index contributed by atoms with van der Waals surface area (Å²) in [5, 5.41) is 3.36. The average molecular weight is 522 g/mol. The summed E-state index contributed by atoms with van der Waals surface area (Å²) in [6.07, 6.45) is 13.7. The molecule has 1 aliphatic carbocycles. The van der Waals surface area contributed by atoms with Crippen molar-refractivity contribution in [1.82, 2.24) is 20.1 Å². The van der Waals surface area contributed by atoms with Crippen molar-refractivity contribution in [3.63, 3.8) is 0 Å². The van der Waals surface area contributed by atoms with Gasteiger partial charge in [-0.25, -0.2) is 4.39 Å². The SMILES string of the molecule is O=C(CC[C@H]1CN(Cc2ccncc2)CC[C@H]1N1CCN(c2ccccc2F)CC1)NC1CCCCCC1. The molecule has 1 aromatic heterocycles. The lowest BCUT2D eigenvalue weighted by molar-refractivity contribution is -0.122. The Labute approximate surface area is 227 Å². The number of benzene rings is 1. The Kier molecular flexibility index (Phi) is 9.63. The topological polar surface area (TPSA) is 51.7 Å². The van der Waals surface area contributed by atoms with Crippen LogP contribution in [0.3, 0.4) is 0 Å². The van der Waals surface area contributed by atoms with E-state index in [2.05, 4.69) is 37.1 Å². The monoisotopic (exact) mass is 521 g/mol. The summed E-state index contributed by atoms with van der Waals surface area (Å²) < 4.78 is 14.4. The van der Waals surface area contributed by atoms with E-state index in [0.29, 0.717) is 30.1 Å². The molecule has 0 spiro atoms. The van der Waals surface area contributed by atoms with Crippen LogP contribution in [0.5, 0.6) is 0 Å². The third-order valence-corrected chi connectivity index (χ3v) is 8.87. The van der Waals surface area contributed by atoms with E-state index in [4.69, 9.17) is 0 Å². The standard InChI is InChI=1S/C31H44FN5O/c32-28-9-5-6-10-30(28)37-21-19-36(20-22-37)29-15-18-35(23-25-13-16-33-17-14-25)24-26(29)11-12-31(38)34-27-7-3-1-2-4-8-27/h5-6,9-10,13-14,16-17,26-27,29H,1-4,7-8,11-12,15,18-24H2,(H,34,38)/t26-,29+/m0/s1. The van der Waals surface area contributed by atoms with Crippen LogP contribution in [0.15, 0.2) is 48.8 Å². The highest BCUT2D eigenvalue weighted by molar-refractivity contribution is 5.76. The smallest absolute Gasteiger partial charge is 0.220 e. The van der Waals surface area contributed by atoms with Crippen molar-refractivity contribution in [2.75, 3.05) is 44.2 Å². The fourth-order valence-corrected chi connectivity index (χ4v) is 6.79. The summed E-state index contributed by atoms with van der Waals surface area (Å²) in [6, 6.07) is 12.1. The lowest BCUT2D eigenvalue weighted by atomic mass is 9.86. The number of likely N-dealkylation sites (tertiary alicyclic amines) is 1. The maximum atomic E-state index is 14.4. The number of nitrogens with zero attached hydrogens (tertiary/aromatic N) is 4. The first kappa shape index (κ1) is 27.1. The normalized spacial score (nSPS) is 24.2. The predicted octanol–water partition coefficient (Wildman–Crippen LogP) is 4.85. The third-order valence-electron chi connectivity index (χ3n) is 8.87. The minimum absolute atomic E-state index is 0.136. The molecule has 3 heterocycles. The maximum Gasteiger partial charge on any atom is 0.220 e. The van der Waals surface area contributed by atoms with Gasteiger partial charge in [-0.3, -0.25) is 19.6 Å². The van der Waals surface area contributed by atoms with E-state index in [1.54, 1.807) is 12.1 Å². The van der Waals surface area contributed by atoms with Gasteiger partial charge in [0.2, 0.25) is 5.91 Å². The van der Waals surface area contributed by atoms with Gasteiger partial charge in [-0.15, -0.1) is 0 Å². The van der Waals surface area contributed by atoms with Crippen LogP contribution in [-0.2, 0) is 11.3 Å². The van der Waals surface area contributed by atoms with Gasteiger partial charge in [-0.1, -0.05) is 37.8 Å². The number of rotatable bonds is 8. The molecule has 2 aliphatic heterocycles. The second-order valence-electron chi connectivity index (χ2n) is 11.5. The molecule has 1 aromatic carbocycles. The average Bonchev–Trinajstić information content (AvgIpc) is 3.22. The van der Waals surface area contributed by atoms with Crippen LogP contribution in [0.4, 0.5) is 10.1 Å². The second kappa shape index (κ2) is 13.5. The number of piperidine rings is 1. The third kappa shape index (κ3) is 7.32. The van der Waals surface area contributed by atoms with E-state index in [1.165, 1.54) is 31.2 Å². The quantitative estimate of drug-likeness (QED) is 0.503. The van der Waals surface area contributed by atoms with Crippen molar-refractivity contribution < 1.29 is 9.18 Å². The molecule has 3 fully saturated rings. The Balaban J connectivity index is 1.19. The fourth-order valence-electron chi connectivity index (χ4n) is 6.79. The first-order chi connectivity index (χ1) is 18.7. The number of nitrogens with one attached hydrogen (secondary N) is 1. The van der Waals surface area contributed by atoms with Crippen molar-refractivity contribution in [1.29, 1.82) is 0 Å². The minimum atomic E-state index is -0.136. The highest BCUT2D eigenvalue weighted by atomic mass is 19.1. The molecular weight excluding hydrogens is 477 g/mol. The summed E-state index contributed by atoms with van der Waals surface area (Å²) in [4.78, 5) is 24.5. The minimum Gasteiger partial charge on any atom is -0.367 e. The van der Waals surface area contributed by atoms with E-state index in [1.807, 2.05) is 24.5 Å². The van der Waals surface area contributed by atoms with Crippen LogP contribution >= 0.6 is 0 Å². The number of hydrogen-bond donors (Lipinski definition) is 1. The number of anilines is 1. The molecule has 0 radical (unpaired) electrons. The summed E-state index contributed by atoms with van der Waals surface area (Å²) in [6.45, 7) is 6.56. The van der Waals surface area contributed by atoms with Crippen molar-refractivity contribution >= 4 is 11.6 Å². The highest BCUT2D eigenvalue weighted by Crippen LogP contribution is 2.29. The van der Waals surface area contributed by atoms with E-state index < -0.39 is 0 Å². The Morgan fingerprint density at radius 2 is 1.66 bits per heavy atom. The lowest BCUT2D eigenvalue weighted by Crippen LogP contribution is -2.57. The summed E-state index contributed by atoms with van der Waals surface area (Å²) in [7, 11) is 0. The molecule has 6 nitrogen and oxygen atoms in total. The Morgan fingerprint density at radius 1 is 0.921 bits per heavy atom. The van der Waals surface area contributed by atoms with Gasteiger partial charge in [-0.05, 0) is 68.0 Å². The number of amides is 1. The Hall–Kier alpha value is -2.51. The van der Waals surface area contributed by atoms with Crippen LogP contribution in [0, 0.1) is 11.7 Å². The van der Waals surface area contributed by atoms with Gasteiger partial charge >= 0.3 is 0 Å². The van der Waals surface area contributed by atoms with Gasteiger partial charge in [0, 0.05) is 70.2 Å². The van der Waals surface area contributed by atoms with Gasteiger partial charge < -0.3 is 10.2 Å². The van der Waals surface area contributed by atoms with Gasteiger partial charge in [0.1, 0.15) is 5.82 Å². The molecule has 1 N–H and O–H groups in total.